The van der Waals surface area contributed by atoms with E-state index in [1.807, 2.05) is 10.2 Å². The van der Waals surface area contributed by atoms with E-state index in [2.05, 4.69) is 165 Å². The fraction of sp³-hybridized carbons (Fsp3) is 0.883. The molecule has 4 heterocycles. The molecule has 0 radical (unpaired) electrons. The van der Waals surface area contributed by atoms with Gasteiger partial charge in [-0.1, -0.05) is 6.42 Å². The highest BCUT2D eigenvalue weighted by Gasteiger charge is 2.09. The molecule has 7 amide bonds. The number of imide groups is 1. The lowest BCUT2D eigenvalue weighted by atomic mass is 10.2. The topological polar surface area (TPSA) is 434 Å². The zero-order valence-corrected chi connectivity index (χ0v) is 60.5. The molecule has 93 heavy (non-hydrogen) atoms. The average Bonchev–Trinajstić information content (AvgIpc) is 3.94. The number of amides is 7. The highest BCUT2D eigenvalue weighted by molar-refractivity contribution is 5.96. The molecule has 33 nitrogen and oxygen atoms in total. The van der Waals surface area contributed by atoms with Crippen LogP contribution in [0.4, 0.5) is 0 Å². The predicted octanol–water partition coefficient (Wildman–Crippen LogP) is -8.86. The standard InChI is InChI=1S/C10H25N3.C8H17N3O.C8H19N3.C8H20N2O.C7H17N3.C7H16N2.3C4H9N3O2/c1-11(2)7-6-8-13(5)10-9-12(3)4;1-8(12)11-6-4-9-2-3-10-5-7-11;1-10-5-3-9-4-6-11(2)8-7-10;1-9(2)5-6-10(3)7-8-11-4;1-10-6-4-8-2-3-9-5-7-10;1-2-4-8-6-7-9-5-3-1;5-1-4(9)7-2-3(6)8;5-3(8)1-7-2-4(6)9;5-1-3(8)7-4(9)2-6/h6-10H2,1-5H3;9-10H,2-7H2,1H3;9H,3-8H2,1-2H3;5-8H2,1-4H3;8-9H,2-7H2,1H3;8-9H,1-7H2;1-2,5H2,(H2,6,8)(H,7,9);7H,1-2H2,(H2,5,8)(H2,6,9);1-2,5-6H2,(H,7,8,9). The van der Waals surface area contributed by atoms with Gasteiger partial charge in [-0.15, -0.1) is 0 Å². The maximum Gasteiger partial charge on any atom is 0.240 e. The summed E-state index contributed by atoms with van der Waals surface area (Å²) in [4.78, 5) is 92.1. The van der Waals surface area contributed by atoms with Crippen molar-refractivity contribution in [2.75, 3.05) is 320 Å². The fourth-order valence-electron chi connectivity index (χ4n) is 7.39. The Hall–Kier alpha value is -4.31. The second-order valence-electron chi connectivity index (χ2n) is 23.5. The van der Waals surface area contributed by atoms with Crippen LogP contribution in [0.5, 0.6) is 0 Å². The summed E-state index contributed by atoms with van der Waals surface area (Å²) < 4.78 is 4.96. The van der Waals surface area contributed by atoms with Crippen LogP contribution in [-0.4, -0.2) is 406 Å². The molecule has 0 bridgehead atoms. The first-order valence-electron chi connectivity index (χ1n) is 33.0. The summed E-state index contributed by atoms with van der Waals surface area (Å²) in [6.45, 7) is 33.7. The molecular weight excluding hydrogens is 1200 g/mol. The van der Waals surface area contributed by atoms with Crippen molar-refractivity contribution in [2.45, 2.75) is 32.6 Å². The summed E-state index contributed by atoms with van der Waals surface area (Å²) in [5.74, 6) is -2.81. The Kier molecular flexibility index (Phi) is 77.0. The van der Waals surface area contributed by atoms with Crippen LogP contribution in [0.3, 0.4) is 0 Å². The molecule has 4 fully saturated rings. The molecule has 4 saturated heterocycles. The summed E-state index contributed by atoms with van der Waals surface area (Å²) in [6, 6.07) is 0. The van der Waals surface area contributed by atoms with Gasteiger partial charge in [0.05, 0.1) is 45.9 Å². The number of hydrogen-bond donors (Lipinski definition) is 16. The van der Waals surface area contributed by atoms with Gasteiger partial charge < -0.3 is 126 Å². The smallest absolute Gasteiger partial charge is 0.240 e. The van der Waals surface area contributed by atoms with E-state index in [-0.39, 0.29) is 51.1 Å². The van der Waals surface area contributed by atoms with Crippen LogP contribution in [0.15, 0.2) is 0 Å². The number of likely N-dealkylation sites (N-methyl/N-ethyl adjacent to an activating group) is 7. The third kappa shape index (κ3) is 89.8. The summed E-state index contributed by atoms with van der Waals surface area (Å²) in [7, 11) is 25.2. The van der Waals surface area contributed by atoms with Crippen molar-refractivity contribution in [3.05, 3.63) is 0 Å². The van der Waals surface area contributed by atoms with Gasteiger partial charge in [0.25, 0.3) is 0 Å². The van der Waals surface area contributed by atoms with Crippen molar-refractivity contribution < 1.29 is 38.3 Å². The molecule has 0 saturated carbocycles. The number of nitrogens with one attached hydrogen (secondary N) is 10. The highest BCUT2D eigenvalue weighted by atomic mass is 16.5. The van der Waals surface area contributed by atoms with Crippen LogP contribution in [-0.2, 0) is 38.3 Å². The molecule has 0 aromatic carbocycles. The molecule has 0 aromatic heterocycles. The number of ether oxygens (including phenoxy) is 1. The van der Waals surface area contributed by atoms with Crippen LogP contribution in [0.25, 0.3) is 0 Å². The third-order valence-electron chi connectivity index (χ3n) is 13.3. The van der Waals surface area contributed by atoms with E-state index < -0.39 is 29.5 Å². The first-order chi connectivity index (χ1) is 44.2. The van der Waals surface area contributed by atoms with E-state index in [9.17, 15) is 33.6 Å². The minimum atomic E-state index is -0.572. The van der Waals surface area contributed by atoms with E-state index >= 15 is 0 Å². The Labute approximate surface area is 562 Å². The van der Waals surface area contributed by atoms with Crippen LogP contribution >= 0.6 is 0 Å². The minimum absolute atomic E-state index is 0.0110. The van der Waals surface area contributed by atoms with Gasteiger partial charge in [0.2, 0.25) is 41.4 Å². The number of methoxy groups -OCH3 is 1. The number of carbonyl (C=O) groups is 7. The average molecular weight is 1340 g/mol. The van der Waals surface area contributed by atoms with Crippen molar-refractivity contribution in [3.63, 3.8) is 0 Å². The number of primary amides is 3. The molecule has 0 unspecified atom stereocenters. The summed E-state index contributed by atoms with van der Waals surface area (Å²) in [5.41, 5.74) is 28.8. The van der Waals surface area contributed by atoms with Crippen molar-refractivity contribution >= 4 is 41.4 Å². The van der Waals surface area contributed by atoms with Crippen LogP contribution in [0.2, 0.25) is 0 Å². The van der Waals surface area contributed by atoms with Crippen LogP contribution < -0.4 is 87.6 Å². The Morgan fingerprint density at radius 3 is 1.08 bits per heavy atom. The van der Waals surface area contributed by atoms with Gasteiger partial charge in [-0.25, -0.2) is 0 Å². The monoisotopic (exact) mass is 1340 g/mol. The van der Waals surface area contributed by atoms with Gasteiger partial charge in [0, 0.05) is 178 Å². The zero-order valence-electron chi connectivity index (χ0n) is 60.5. The fourth-order valence-corrected chi connectivity index (χ4v) is 7.39. The third-order valence-corrected chi connectivity index (χ3v) is 13.3. The lowest BCUT2D eigenvalue weighted by Crippen LogP contribution is -2.38. The Bertz CT molecular complexity index is 1650. The number of nitrogens with two attached hydrogens (primary N) is 6. The predicted molar refractivity (Wildman–Crippen MR) is 380 cm³/mol. The number of rotatable bonds is 22. The zero-order chi connectivity index (χ0) is 71.3. The SMILES string of the molecule is C1CCNCCNCC1.CC(=O)N1CCNCCNCC1.CN(C)CCCN(C)CCN(C)C.CN1CCNCCN(C)CC1.CN1CCNCCNCC1.COCCN(C)CCN(C)C.NC(=O)CNCC(N)=O.NCC(=O)NC(=O)CN.NCC(=O)NCC(N)=O. The second kappa shape index (κ2) is 73.5. The molecule has 554 valence electrons. The van der Waals surface area contributed by atoms with E-state index in [1.165, 1.54) is 97.7 Å². The van der Waals surface area contributed by atoms with Crippen molar-refractivity contribution in [1.82, 2.24) is 97.3 Å². The van der Waals surface area contributed by atoms with Gasteiger partial charge in [-0.3, -0.25) is 44.2 Å². The van der Waals surface area contributed by atoms with E-state index in [0.717, 1.165) is 124 Å². The molecule has 4 rings (SSSR count). The van der Waals surface area contributed by atoms with Gasteiger partial charge >= 0.3 is 0 Å². The lowest BCUT2D eigenvalue weighted by molar-refractivity contribution is -0.130. The van der Waals surface area contributed by atoms with Crippen LogP contribution in [0.1, 0.15) is 32.6 Å². The lowest BCUT2D eigenvalue weighted by Gasteiger charge is -2.20. The molecule has 0 aliphatic carbocycles. The quantitative estimate of drug-likeness (QED) is 0.0479. The summed E-state index contributed by atoms with van der Waals surface area (Å²) in [6.07, 6.45) is 5.33. The second-order valence-corrected chi connectivity index (χ2v) is 23.5. The minimum Gasteiger partial charge on any atom is -0.383 e. The first-order valence-corrected chi connectivity index (χ1v) is 33.0. The van der Waals surface area contributed by atoms with Gasteiger partial charge in [0.15, 0.2) is 0 Å². The first kappa shape index (κ1) is 97.4. The van der Waals surface area contributed by atoms with Gasteiger partial charge in [-0.2, -0.15) is 0 Å². The summed E-state index contributed by atoms with van der Waals surface area (Å²) in [5, 5.41) is 29.9. The molecular formula is C60H141N25O8. The molecule has 0 atom stereocenters. The normalized spacial score (nSPS) is 16.3. The summed E-state index contributed by atoms with van der Waals surface area (Å²) >= 11 is 0. The Balaban J connectivity index is -0.000000313. The molecule has 0 aromatic rings. The molecule has 33 heteroatoms. The number of nitrogens with zero attached hydrogens (tertiary/aromatic N) is 9. The van der Waals surface area contributed by atoms with E-state index in [4.69, 9.17) is 39.1 Å². The van der Waals surface area contributed by atoms with Crippen molar-refractivity contribution in [3.8, 4) is 0 Å². The van der Waals surface area contributed by atoms with Crippen molar-refractivity contribution in [2.24, 2.45) is 34.4 Å². The van der Waals surface area contributed by atoms with Gasteiger partial charge in [-0.05, 0) is 123 Å². The molecule has 22 N–H and O–H groups in total. The Morgan fingerprint density at radius 1 is 0.409 bits per heavy atom. The molecule has 4 aliphatic heterocycles. The van der Waals surface area contributed by atoms with E-state index in [1.54, 1.807) is 14.0 Å². The van der Waals surface area contributed by atoms with Crippen molar-refractivity contribution in [1.29, 1.82) is 0 Å². The van der Waals surface area contributed by atoms with Gasteiger partial charge in [0.1, 0.15) is 0 Å². The Morgan fingerprint density at radius 2 is 0.742 bits per heavy atom. The largest absolute Gasteiger partial charge is 0.383 e. The van der Waals surface area contributed by atoms with Crippen LogP contribution in [0, 0.1) is 0 Å². The molecule has 4 aliphatic rings. The number of carbonyl (C=O) groups excluding carboxylic acids is 7. The maximum absolute atomic E-state index is 11.0. The number of hydrogen-bond acceptors (Lipinski definition) is 27. The highest BCUT2D eigenvalue weighted by Crippen LogP contribution is 1.94. The van der Waals surface area contributed by atoms with E-state index in [0.29, 0.717) is 0 Å². The maximum atomic E-state index is 11.0. The molecule has 0 spiro atoms.